The van der Waals surface area contributed by atoms with Crippen LogP contribution in [0.1, 0.15) is 37.4 Å². The number of amides is 1. The zero-order valence-corrected chi connectivity index (χ0v) is 10.8. The standard InChI is InChI=1S/C13H17N3O3/c1-15-10(6-7-14-15)12-9(13(18)19)4-5-11(17)16(12)8-2-3-8/h6-9,12H,2-5H2,1H3,(H,18,19)/t9-,12+/m1/s1. The van der Waals surface area contributed by atoms with Crippen molar-refractivity contribution >= 4 is 11.9 Å². The molecule has 3 rings (SSSR count). The lowest BCUT2D eigenvalue weighted by Crippen LogP contribution is -2.47. The maximum absolute atomic E-state index is 12.2. The van der Waals surface area contributed by atoms with Crippen LogP contribution >= 0.6 is 0 Å². The van der Waals surface area contributed by atoms with Gasteiger partial charge in [0, 0.05) is 25.7 Å². The summed E-state index contributed by atoms with van der Waals surface area (Å²) in [4.78, 5) is 25.5. The van der Waals surface area contributed by atoms with Gasteiger partial charge in [0.05, 0.1) is 17.7 Å². The Morgan fingerprint density at radius 1 is 1.42 bits per heavy atom. The topological polar surface area (TPSA) is 75.4 Å². The lowest BCUT2D eigenvalue weighted by atomic mass is 9.86. The fraction of sp³-hybridized carbons (Fsp3) is 0.615. The van der Waals surface area contributed by atoms with Gasteiger partial charge in [-0.3, -0.25) is 14.3 Å². The first kappa shape index (κ1) is 12.2. The molecule has 2 atom stereocenters. The van der Waals surface area contributed by atoms with Crippen molar-refractivity contribution in [3.8, 4) is 0 Å². The van der Waals surface area contributed by atoms with Crippen LogP contribution in [0.3, 0.4) is 0 Å². The van der Waals surface area contributed by atoms with Gasteiger partial charge in [0.25, 0.3) is 0 Å². The number of likely N-dealkylation sites (tertiary alicyclic amines) is 1. The number of aromatic nitrogens is 2. The second-order valence-electron chi connectivity index (χ2n) is 5.34. The lowest BCUT2D eigenvalue weighted by Gasteiger charge is -2.39. The number of piperidine rings is 1. The van der Waals surface area contributed by atoms with Gasteiger partial charge in [-0.2, -0.15) is 5.10 Å². The van der Waals surface area contributed by atoms with Crippen molar-refractivity contribution in [3.63, 3.8) is 0 Å². The van der Waals surface area contributed by atoms with E-state index in [1.54, 1.807) is 22.8 Å². The van der Waals surface area contributed by atoms with Gasteiger partial charge in [-0.1, -0.05) is 0 Å². The molecule has 1 aliphatic carbocycles. The molecule has 0 bridgehead atoms. The van der Waals surface area contributed by atoms with E-state index in [0.717, 1.165) is 18.5 Å². The van der Waals surface area contributed by atoms with Crippen molar-refractivity contribution in [1.29, 1.82) is 0 Å². The molecule has 102 valence electrons. The molecular weight excluding hydrogens is 246 g/mol. The Bertz CT molecular complexity index is 521. The van der Waals surface area contributed by atoms with Crippen molar-refractivity contribution in [2.75, 3.05) is 0 Å². The number of carboxylic acid groups (broad SMARTS) is 1. The lowest BCUT2D eigenvalue weighted by molar-refractivity contribution is -0.152. The second-order valence-corrected chi connectivity index (χ2v) is 5.34. The van der Waals surface area contributed by atoms with E-state index in [0.29, 0.717) is 12.8 Å². The summed E-state index contributed by atoms with van der Waals surface area (Å²) in [5.74, 6) is -1.29. The second kappa shape index (κ2) is 4.36. The van der Waals surface area contributed by atoms with Crippen LogP contribution < -0.4 is 0 Å². The van der Waals surface area contributed by atoms with E-state index in [1.165, 1.54) is 0 Å². The van der Waals surface area contributed by atoms with Gasteiger partial charge >= 0.3 is 5.97 Å². The highest BCUT2D eigenvalue weighted by Gasteiger charge is 2.47. The Morgan fingerprint density at radius 2 is 2.16 bits per heavy atom. The summed E-state index contributed by atoms with van der Waals surface area (Å²) < 4.78 is 1.68. The fourth-order valence-electron chi connectivity index (χ4n) is 2.98. The van der Waals surface area contributed by atoms with Crippen LogP contribution in [-0.2, 0) is 16.6 Å². The highest BCUT2D eigenvalue weighted by molar-refractivity contribution is 5.82. The number of carboxylic acids is 1. The van der Waals surface area contributed by atoms with Gasteiger partial charge in [0.2, 0.25) is 5.91 Å². The Balaban J connectivity index is 2.02. The largest absolute Gasteiger partial charge is 0.481 e. The quantitative estimate of drug-likeness (QED) is 0.880. The zero-order chi connectivity index (χ0) is 13.6. The molecular formula is C13H17N3O3. The van der Waals surface area contributed by atoms with E-state index < -0.39 is 11.9 Å². The molecule has 19 heavy (non-hydrogen) atoms. The van der Waals surface area contributed by atoms with Crippen LogP contribution in [0.15, 0.2) is 12.3 Å². The van der Waals surface area contributed by atoms with Crippen LogP contribution in [0.5, 0.6) is 0 Å². The summed E-state index contributed by atoms with van der Waals surface area (Å²) in [7, 11) is 1.79. The Labute approximate surface area is 111 Å². The number of hydrogen-bond donors (Lipinski definition) is 1. The van der Waals surface area contributed by atoms with Gasteiger partial charge in [-0.25, -0.2) is 0 Å². The normalized spacial score (nSPS) is 27.6. The first-order valence-electron chi connectivity index (χ1n) is 6.61. The number of carbonyl (C=O) groups is 2. The van der Waals surface area contributed by atoms with Crippen LogP contribution in [0.2, 0.25) is 0 Å². The molecule has 1 aromatic rings. The predicted octanol–water partition coefficient (Wildman–Crippen LogP) is 0.947. The van der Waals surface area contributed by atoms with E-state index in [2.05, 4.69) is 5.10 Å². The average Bonchev–Trinajstić information content (AvgIpc) is 3.10. The van der Waals surface area contributed by atoms with E-state index in [1.807, 2.05) is 6.07 Å². The van der Waals surface area contributed by atoms with E-state index >= 15 is 0 Å². The Hall–Kier alpha value is -1.85. The Kier molecular flexibility index (Phi) is 2.80. The van der Waals surface area contributed by atoms with Gasteiger partial charge in [-0.15, -0.1) is 0 Å². The third-order valence-electron chi connectivity index (χ3n) is 4.06. The van der Waals surface area contributed by atoms with Gasteiger partial charge in [0.15, 0.2) is 0 Å². The third-order valence-corrected chi connectivity index (χ3v) is 4.06. The molecule has 0 aromatic carbocycles. The average molecular weight is 263 g/mol. The van der Waals surface area contributed by atoms with E-state index in [9.17, 15) is 14.7 Å². The minimum atomic E-state index is -0.829. The number of carbonyl (C=O) groups excluding carboxylic acids is 1. The molecule has 2 heterocycles. The summed E-state index contributed by atoms with van der Waals surface area (Å²) in [5.41, 5.74) is 0.812. The molecule has 6 heteroatoms. The molecule has 1 aliphatic heterocycles. The van der Waals surface area contributed by atoms with Crippen molar-refractivity contribution in [1.82, 2.24) is 14.7 Å². The van der Waals surface area contributed by atoms with Gasteiger partial charge in [-0.05, 0) is 25.3 Å². The molecule has 1 aromatic heterocycles. The van der Waals surface area contributed by atoms with Crippen molar-refractivity contribution in [2.24, 2.45) is 13.0 Å². The zero-order valence-electron chi connectivity index (χ0n) is 10.8. The minimum Gasteiger partial charge on any atom is -0.481 e. The molecule has 0 unspecified atom stereocenters. The van der Waals surface area contributed by atoms with E-state index in [4.69, 9.17) is 0 Å². The fourth-order valence-corrected chi connectivity index (χ4v) is 2.98. The number of rotatable bonds is 3. The number of aryl methyl sites for hydroxylation is 1. The summed E-state index contributed by atoms with van der Waals surface area (Å²) in [6, 6.07) is 1.66. The van der Waals surface area contributed by atoms with E-state index in [-0.39, 0.29) is 18.0 Å². The summed E-state index contributed by atoms with van der Waals surface area (Å²) in [5, 5.41) is 13.5. The predicted molar refractivity (Wildman–Crippen MR) is 66.2 cm³/mol. The number of aliphatic carboxylic acids is 1. The molecule has 1 N–H and O–H groups in total. The number of nitrogens with zero attached hydrogens (tertiary/aromatic N) is 3. The molecule has 1 saturated heterocycles. The molecule has 2 fully saturated rings. The van der Waals surface area contributed by atoms with Crippen LogP contribution in [0.4, 0.5) is 0 Å². The molecule has 6 nitrogen and oxygen atoms in total. The molecule has 0 spiro atoms. The first-order valence-corrected chi connectivity index (χ1v) is 6.61. The molecule has 0 radical (unpaired) electrons. The summed E-state index contributed by atoms with van der Waals surface area (Å²) in [6.45, 7) is 0. The minimum absolute atomic E-state index is 0.0752. The highest BCUT2D eigenvalue weighted by atomic mass is 16.4. The summed E-state index contributed by atoms with van der Waals surface area (Å²) >= 11 is 0. The monoisotopic (exact) mass is 263 g/mol. The van der Waals surface area contributed by atoms with Gasteiger partial charge < -0.3 is 10.0 Å². The van der Waals surface area contributed by atoms with Crippen molar-refractivity contribution < 1.29 is 14.7 Å². The molecule has 2 aliphatic rings. The highest BCUT2D eigenvalue weighted by Crippen LogP contribution is 2.43. The van der Waals surface area contributed by atoms with Crippen molar-refractivity contribution in [2.45, 2.75) is 37.8 Å². The van der Waals surface area contributed by atoms with Crippen LogP contribution in [0.25, 0.3) is 0 Å². The van der Waals surface area contributed by atoms with Crippen LogP contribution in [-0.4, -0.2) is 37.7 Å². The smallest absolute Gasteiger partial charge is 0.309 e. The maximum Gasteiger partial charge on any atom is 0.309 e. The SMILES string of the molecule is Cn1nccc1[C@@H]1[C@H](C(=O)O)CCC(=O)N1C1CC1. The van der Waals surface area contributed by atoms with Gasteiger partial charge in [0.1, 0.15) is 0 Å². The molecule has 1 saturated carbocycles. The first-order chi connectivity index (χ1) is 9.09. The van der Waals surface area contributed by atoms with Crippen LogP contribution in [0, 0.1) is 5.92 Å². The maximum atomic E-state index is 12.2. The third kappa shape index (κ3) is 2.01. The Morgan fingerprint density at radius 3 is 2.68 bits per heavy atom. The number of hydrogen-bond acceptors (Lipinski definition) is 3. The van der Waals surface area contributed by atoms with Crippen molar-refractivity contribution in [3.05, 3.63) is 18.0 Å². The molecule has 1 amide bonds. The summed E-state index contributed by atoms with van der Waals surface area (Å²) in [6.07, 6.45) is 4.35.